The fourth-order valence-corrected chi connectivity index (χ4v) is 4.18. The number of sulfonamides is 1. The summed E-state index contributed by atoms with van der Waals surface area (Å²) in [7, 11) is -3.71. The molecule has 1 aromatic carbocycles. The SMILES string of the molecule is CCC(C)C(N)C(=O)Nc1ccc(Cl)c(S(=O)(=O)N(CC)CC)c1.Cl. The van der Waals surface area contributed by atoms with E-state index in [1.165, 1.54) is 16.4 Å². The number of halogens is 2. The number of benzene rings is 1. The van der Waals surface area contributed by atoms with Crippen molar-refractivity contribution in [3.05, 3.63) is 23.2 Å². The Hall–Kier alpha value is -0.860. The van der Waals surface area contributed by atoms with Gasteiger partial charge in [0.05, 0.1) is 11.1 Å². The minimum atomic E-state index is -3.71. The van der Waals surface area contributed by atoms with Crippen LogP contribution in [0.3, 0.4) is 0 Å². The summed E-state index contributed by atoms with van der Waals surface area (Å²) in [6.07, 6.45) is 0.775. The van der Waals surface area contributed by atoms with Crippen molar-refractivity contribution >= 4 is 45.6 Å². The fourth-order valence-electron chi connectivity index (χ4n) is 2.22. The van der Waals surface area contributed by atoms with Crippen molar-refractivity contribution in [2.45, 2.75) is 45.1 Å². The maximum Gasteiger partial charge on any atom is 0.244 e. The van der Waals surface area contributed by atoms with Gasteiger partial charge >= 0.3 is 0 Å². The van der Waals surface area contributed by atoms with Crippen LogP contribution < -0.4 is 11.1 Å². The lowest BCUT2D eigenvalue weighted by atomic mass is 9.99. The van der Waals surface area contributed by atoms with Gasteiger partial charge in [0.2, 0.25) is 15.9 Å². The normalized spacial score (nSPS) is 13.9. The summed E-state index contributed by atoms with van der Waals surface area (Å²) >= 11 is 6.07. The van der Waals surface area contributed by atoms with Crippen molar-refractivity contribution in [3.63, 3.8) is 0 Å². The highest BCUT2D eigenvalue weighted by Gasteiger charge is 2.25. The zero-order valence-electron chi connectivity index (χ0n) is 15.0. The number of nitrogens with one attached hydrogen (secondary N) is 1. The number of hydrogen-bond acceptors (Lipinski definition) is 4. The Bertz CT molecular complexity index is 679. The second-order valence-corrected chi connectivity index (χ2v) is 7.95. The molecule has 3 N–H and O–H groups in total. The molecule has 0 bridgehead atoms. The molecule has 9 heteroatoms. The molecule has 0 saturated carbocycles. The number of carbonyl (C=O) groups excluding carboxylic acids is 1. The van der Waals surface area contributed by atoms with Gasteiger partial charge in [0.25, 0.3) is 0 Å². The predicted octanol–water partition coefficient (Wildman–Crippen LogP) is 3.10. The van der Waals surface area contributed by atoms with E-state index in [1.807, 2.05) is 13.8 Å². The Morgan fingerprint density at radius 3 is 2.32 bits per heavy atom. The molecule has 0 heterocycles. The van der Waals surface area contributed by atoms with Gasteiger partial charge in [-0.1, -0.05) is 45.7 Å². The third kappa shape index (κ3) is 5.82. The topological polar surface area (TPSA) is 92.5 Å². The highest BCUT2D eigenvalue weighted by atomic mass is 35.5. The van der Waals surface area contributed by atoms with Crippen LogP contribution in [0.25, 0.3) is 0 Å². The number of anilines is 1. The number of nitrogens with zero attached hydrogens (tertiary/aromatic N) is 1. The first kappa shape index (κ1) is 24.1. The molecule has 25 heavy (non-hydrogen) atoms. The molecule has 0 spiro atoms. The van der Waals surface area contributed by atoms with Crippen molar-refractivity contribution in [3.8, 4) is 0 Å². The van der Waals surface area contributed by atoms with E-state index < -0.39 is 16.1 Å². The lowest BCUT2D eigenvalue weighted by Gasteiger charge is -2.21. The molecule has 0 fully saturated rings. The first-order valence-corrected chi connectivity index (χ1v) is 9.86. The summed E-state index contributed by atoms with van der Waals surface area (Å²) in [5.74, 6) is -0.325. The molecule has 1 amide bonds. The Balaban J connectivity index is 0.00000576. The van der Waals surface area contributed by atoms with Crippen LogP contribution in [0.5, 0.6) is 0 Å². The second-order valence-electron chi connectivity index (χ2n) is 5.64. The smallest absolute Gasteiger partial charge is 0.244 e. The van der Waals surface area contributed by atoms with Gasteiger partial charge < -0.3 is 11.1 Å². The molecule has 0 radical (unpaired) electrons. The van der Waals surface area contributed by atoms with Gasteiger partial charge in [-0.15, -0.1) is 12.4 Å². The first-order valence-electron chi connectivity index (χ1n) is 8.05. The zero-order chi connectivity index (χ0) is 18.5. The molecule has 144 valence electrons. The van der Waals surface area contributed by atoms with Crippen molar-refractivity contribution < 1.29 is 13.2 Å². The van der Waals surface area contributed by atoms with E-state index in [0.717, 1.165) is 6.42 Å². The van der Waals surface area contributed by atoms with Gasteiger partial charge in [0.15, 0.2) is 0 Å². The van der Waals surface area contributed by atoms with Crippen LogP contribution in [0.15, 0.2) is 23.1 Å². The summed E-state index contributed by atoms with van der Waals surface area (Å²) in [4.78, 5) is 12.2. The van der Waals surface area contributed by atoms with E-state index in [1.54, 1.807) is 19.9 Å². The molecule has 0 aromatic heterocycles. The average Bonchev–Trinajstić information content (AvgIpc) is 2.55. The van der Waals surface area contributed by atoms with E-state index in [9.17, 15) is 13.2 Å². The standard InChI is InChI=1S/C16H26ClN3O3S.ClH/c1-5-11(4)15(18)16(21)19-12-8-9-13(17)14(10-12)24(22,23)20(6-2)7-3;/h8-11,15H,5-7,18H2,1-4H3,(H,19,21);1H. The number of hydrogen-bond donors (Lipinski definition) is 2. The lowest BCUT2D eigenvalue weighted by Crippen LogP contribution is -2.40. The van der Waals surface area contributed by atoms with Gasteiger partial charge in [0.1, 0.15) is 4.90 Å². The van der Waals surface area contributed by atoms with Crippen molar-refractivity contribution in [2.75, 3.05) is 18.4 Å². The second kappa shape index (κ2) is 10.3. The zero-order valence-corrected chi connectivity index (χ0v) is 17.3. The molecule has 2 unspecified atom stereocenters. The van der Waals surface area contributed by atoms with Crippen LogP contribution in [0.4, 0.5) is 5.69 Å². The highest BCUT2D eigenvalue weighted by molar-refractivity contribution is 7.89. The van der Waals surface area contributed by atoms with Crippen molar-refractivity contribution in [1.82, 2.24) is 4.31 Å². The van der Waals surface area contributed by atoms with Gasteiger partial charge in [-0.3, -0.25) is 4.79 Å². The van der Waals surface area contributed by atoms with E-state index in [-0.39, 0.29) is 34.2 Å². The highest BCUT2D eigenvalue weighted by Crippen LogP contribution is 2.28. The van der Waals surface area contributed by atoms with E-state index in [0.29, 0.717) is 18.8 Å². The number of rotatable bonds is 8. The number of amides is 1. The molecule has 1 rings (SSSR count). The molecule has 0 aliphatic carbocycles. The van der Waals surface area contributed by atoms with Gasteiger partial charge in [0, 0.05) is 18.8 Å². The van der Waals surface area contributed by atoms with Crippen LogP contribution in [0, 0.1) is 5.92 Å². The molecule has 6 nitrogen and oxygen atoms in total. The maximum atomic E-state index is 12.6. The van der Waals surface area contributed by atoms with Crippen molar-refractivity contribution in [2.24, 2.45) is 11.7 Å². The summed E-state index contributed by atoms with van der Waals surface area (Å²) in [5, 5.41) is 2.78. The van der Waals surface area contributed by atoms with Crippen LogP contribution in [-0.4, -0.2) is 37.8 Å². The Kier molecular flexibility index (Phi) is 9.97. The third-order valence-corrected chi connectivity index (χ3v) is 6.61. The van der Waals surface area contributed by atoms with E-state index in [4.69, 9.17) is 17.3 Å². The predicted molar refractivity (Wildman–Crippen MR) is 105 cm³/mol. The minimum Gasteiger partial charge on any atom is -0.325 e. The Morgan fingerprint density at radius 1 is 1.28 bits per heavy atom. The first-order chi connectivity index (χ1) is 11.2. The lowest BCUT2D eigenvalue weighted by molar-refractivity contribution is -0.118. The molecule has 2 atom stereocenters. The van der Waals surface area contributed by atoms with Crippen LogP contribution in [0.1, 0.15) is 34.1 Å². The van der Waals surface area contributed by atoms with Crippen LogP contribution in [-0.2, 0) is 14.8 Å². The molecule has 0 aliphatic rings. The Labute approximate surface area is 161 Å². The summed E-state index contributed by atoms with van der Waals surface area (Å²) in [6, 6.07) is 3.73. The number of nitrogens with two attached hydrogens (primary N) is 1. The molecule has 0 saturated heterocycles. The molecular formula is C16H27Cl2N3O3S. The minimum absolute atomic E-state index is 0. The molecular weight excluding hydrogens is 385 g/mol. The van der Waals surface area contributed by atoms with E-state index >= 15 is 0 Å². The molecule has 0 aliphatic heterocycles. The Morgan fingerprint density at radius 2 is 1.84 bits per heavy atom. The largest absolute Gasteiger partial charge is 0.325 e. The summed E-state index contributed by atoms with van der Waals surface area (Å²) in [5.41, 5.74) is 6.25. The van der Waals surface area contributed by atoms with Crippen LogP contribution >= 0.6 is 24.0 Å². The molecule has 1 aromatic rings. The summed E-state index contributed by atoms with van der Waals surface area (Å²) < 4.78 is 26.6. The van der Waals surface area contributed by atoms with Gasteiger partial charge in [-0.2, -0.15) is 4.31 Å². The van der Waals surface area contributed by atoms with E-state index in [2.05, 4.69) is 5.32 Å². The van der Waals surface area contributed by atoms with Crippen LogP contribution in [0.2, 0.25) is 5.02 Å². The maximum absolute atomic E-state index is 12.6. The van der Waals surface area contributed by atoms with Gasteiger partial charge in [-0.25, -0.2) is 8.42 Å². The quantitative estimate of drug-likeness (QED) is 0.686. The van der Waals surface area contributed by atoms with Gasteiger partial charge in [-0.05, 0) is 24.1 Å². The average molecular weight is 412 g/mol. The number of carbonyl (C=O) groups is 1. The summed E-state index contributed by atoms with van der Waals surface area (Å²) in [6.45, 7) is 8.03. The van der Waals surface area contributed by atoms with Crippen molar-refractivity contribution in [1.29, 1.82) is 0 Å². The fraction of sp³-hybridized carbons (Fsp3) is 0.562. The monoisotopic (exact) mass is 411 g/mol. The third-order valence-electron chi connectivity index (χ3n) is 4.08.